The van der Waals surface area contributed by atoms with Crippen molar-refractivity contribution in [3.05, 3.63) is 93.6 Å². The summed E-state index contributed by atoms with van der Waals surface area (Å²) in [5.74, 6) is -0.0207. The van der Waals surface area contributed by atoms with E-state index in [1.807, 2.05) is 16.9 Å². The van der Waals surface area contributed by atoms with Gasteiger partial charge in [0.05, 0.1) is 26.8 Å². The number of thiophene rings is 1. The highest BCUT2D eigenvalue weighted by atomic mass is 35.5. The predicted octanol–water partition coefficient (Wildman–Crippen LogP) is 8.23. The van der Waals surface area contributed by atoms with E-state index in [1.54, 1.807) is 6.07 Å². The normalized spacial score (nSPS) is 14.2. The molecule has 0 saturated carbocycles. The number of amides is 1. The van der Waals surface area contributed by atoms with Gasteiger partial charge in [-0.2, -0.15) is 5.10 Å². The van der Waals surface area contributed by atoms with Gasteiger partial charge >= 0.3 is 0 Å². The molecule has 0 saturated heterocycles. The molecule has 0 unspecified atom stereocenters. The Hall–Kier alpha value is -2.51. The van der Waals surface area contributed by atoms with E-state index in [4.69, 9.17) is 28.3 Å². The van der Waals surface area contributed by atoms with Crippen LogP contribution in [0.15, 0.2) is 77.1 Å². The van der Waals surface area contributed by atoms with Crippen molar-refractivity contribution >= 4 is 58.0 Å². The lowest BCUT2D eigenvalue weighted by Gasteiger charge is -2.18. The number of aryl methyl sites for hydroxylation is 1. The zero-order chi connectivity index (χ0) is 24.2. The molecule has 0 fully saturated rings. The maximum absolute atomic E-state index is 12.4. The van der Waals surface area contributed by atoms with E-state index in [0.717, 1.165) is 34.7 Å². The summed E-state index contributed by atoms with van der Waals surface area (Å²) < 4.78 is 6.32. The monoisotopic (exact) mass is 539 g/mol. The summed E-state index contributed by atoms with van der Waals surface area (Å²) in [7, 11) is 0. The van der Waals surface area contributed by atoms with Crippen molar-refractivity contribution in [1.29, 1.82) is 0 Å². The van der Waals surface area contributed by atoms with Gasteiger partial charge in [0.25, 0.3) is 0 Å². The Labute approximate surface area is 223 Å². The highest BCUT2D eigenvalue weighted by Gasteiger charge is 2.21. The van der Waals surface area contributed by atoms with E-state index in [2.05, 4.69) is 59.3 Å². The second-order valence-electron chi connectivity index (χ2n) is 8.28. The molecule has 1 aliphatic rings. The third-order valence-electron chi connectivity index (χ3n) is 5.89. The van der Waals surface area contributed by atoms with Gasteiger partial charge in [-0.25, -0.2) is 4.68 Å². The lowest BCUT2D eigenvalue weighted by Crippen LogP contribution is -2.14. The van der Waals surface area contributed by atoms with Crippen molar-refractivity contribution in [2.45, 2.75) is 36.3 Å². The lowest BCUT2D eigenvalue weighted by atomic mass is 9.92. The molecule has 0 bridgehead atoms. The summed E-state index contributed by atoms with van der Waals surface area (Å²) in [6, 6.07) is 20.6. The van der Waals surface area contributed by atoms with Gasteiger partial charge in [-0.15, -0.1) is 11.3 Å². The third-order valence-corrected chi connectivity index (χ3v) is 8.70. The van der Waals surface area contributed by atoms with Crippen LogP contribution in [0.1, 0.15) is 36.9 Å². The lowest BCUT2D eigenvalue weighted by molar-refractivity contribution is -0.119. The van der Waals surface area contributed by atoms with Crippen molar-refractivity contribution < 1.29 is 4.79 Å². The fourth-order valence-corrected chi connectivity index (χ4v) is 6.59. The van der Waals surface area contributed by atoms with Crippen LogP contribution in [-0.2, 0) is 11.2 Å². The van der Waals surface area contributed by atoms with Gasteiger partial charge in [-0.1, -0.05) is 71.7 Å². The molecule has 0 radical (unpaired) electrons. The highest BCUT2D eigenvalue weighted by Crippen LogP contribution is 2.36. The summed E-state index contributed by atoms with van der Waals surface area (Å²) in [6.45, 7) is 0. The Balaban J connectivity index is 1.30. The molecule has 2 heterocycles. The summed E-state index contributed by atoms with van der Waals surface area (Å²) in [5, 5.41) is 5.25. The minimum atomic E-state index is -0.0207. The molecule has 1 aliphatic carbocycles. The molecule has 1 N–H and O–H groups in total. The molecule has 0 aliphatic heterocycles. The molecule has 178 valence electrons. The number of halogens is 2. The van der Waals surface area contributed by atoms with Crippen molar-refractivity contribution in [1.82, 2.24) is 14.5 Å². The van der Waals surface area contributed by atoms with Crippen LogP contribution in [0, 0.1) is 0 Å². The molecule has 5 rings (SSSR count). The second kappa shape index (κ2) is 11.0. The van der Waals surface area contributed by atoms with E-state index in [0.29, 0.717) is 22.2 Å². The molecule has 2 aromatic carbocycles. The smallest absolute Gasteiger partial charge is 0.230 e. The molecular weight excluding hydrogens is 517 g/mol. The Bertz CT molecular complexity index is 1360. The fraction of sp³-hybridized carbons (Fsp3) is 0.185. The van der Waals surface area contributed by atoms with Gasteiger partial charge < -0.3 is 0 Å². The first-order valence-corrected chi connectivity index (χ1v) is 13.8. The van der Waals surface area contributed by atoms with Crippen LogP contribution >= 0.6 is 46.5 Å². The predicted molar refractivity (Wildman–Crippen MR) is 147 cm³/mol. The van der Waals surface area contributed by atoms with Crippen LogP contribution in [0.4, 0.5) is 0 Å². The van der Waals surface area contributed by atoms with Crippen LogP contribution in [0.25, 0.3) is 22.4 Å². The number of nitrogens with zero attached hydrogens (tertiary/aromatic N) is 2. The van der Waals surface area contributed by atoms with Gasteiger partial charge in [-0.3, -0.25) is 9.52 Å². The van der Waals surface area contributed by atoms with Crippen LogP contribution in [0.2, 0.25) is 9.36 Å². The number of fused-ring (bicyclic) bond motifs is 1. The van der Waals surface area contributed by atoms with Crippen LogP contribution < -0.4 is 4.72 Å². The Morgan fingerprint density at radius 2 is 1.91 bits per heavy atom. The maximum Gasteiger partial charge on any atom is 0.230 e. The average molecular weight is 541 g/mol. The van der Waals surface area contributed by atoms with Crippen LogP contribution in [0.3, 0.4) is 0 Å². The largest absolute Gasteiger partial charge is 0.295 e. The molecule has 0 spiro atoms. The number of carbonyl (C=O) groups excluding carboxylic acids is 1. The molecule has 35 heavy (non-hydrogen) atoms. The Morgan fingerprint density at radius 1 is 1.09 bits per heavy atom. The van der Waals surface area contributed by atoms with E-state index >= 15 is 0 Å². The minimum Gasteiger partial charge on any atom is -0.295 e. The molecule has 0 atom stereocenters. The van der Waals surface area contributed by atoms with E-state index in [-0.39, 0.29) is 5.91 Å². The summed E-state index contributed by atoms with van der Waals surface area (Å²) in [5.41, 5.74) is 7.07. The second-order valence-corrected chi connectivity index (χ2v) is 11.5. The molecular formula is C27H23Cl2N3OS2. The first kappa shape index (κ1) is 24.2. The Morgan fingerprint density at radius 3 is 2.71 bits per heavy atom. The summed E-state index contributed by atoms with van der Waals surface area (Å²) in [6.07, 6.45) is 8.36. The quantitative estimate of drug-likeness (QED) is 0.240. The zero-order valence-electron chi connectivity index (χ0n) is 18.8. The number of nitrogens with one attached hydrogen (secondary N) is 1. The first-order valence-electron chi connectivity index (χ1n) is 11.4. The highest BCUT2D eigenvalue weighted by molar-refractivity contribution is 7.99. The molecule has 4 nitrogen and oxygen atoms in total. The maximum atomic E-state index is 12.4. The molecule has 8 heteroatoms. The number of aromatic nitrogens is 2. The number of benzene rings is 2. The van der Waals surface area contributed by atoms with Gasteiger partial charge in [0.1, 0.15) is 4.34 Å². The minimum absolute atomic E-state index is 0.0207. The van der Waals surface area contributed by atoms with Crippen LogP contribution in [-0.4, -0.2) is 15.7 Å². The number of hydrogen-bond donors (Lipinski definition) is 1. The molecule has 2 aromatic heterocycles. The summed E-state index contributed by atoms with van der Waals surface area (Å²) in [4.78, 5) is 12.4. The number of hydrogen-bond acceptors (Lipinski definition) is 4. The standard InChI is InChI=1S/C27H23Cl2N3OS2/c28-23-16-25(34-27(23)29)35-31-24(33)14-6-10-19-9-4-12-21-17-30-32(26(19)21)22-13-5-11-20(15-22)18-7-2-1-3-8-18/h1-3,5,7-8,10-11,13,15-17H,4,6,9,12,14H2,(H,31,33)/b19-10+. The van der Waals surface area contributed by atoms with Gasteiger partial charge in [0.2, 0.25) is 5.91 Å². The summed E-state index contributed by atoms with van der Waals surface area (Å²) >= 11 is 14.6. The number of rotatable bonds is 7. The fourth-order valence-electron chi connectivity index (χ4n) is 4.25. The third kappa shape index (κ3) is 5.67. The molecule has 4 aromatic rings. The van der Waals surface area contributed by atoms with E-state index in [1.165, 1.54) is 45.7 Å². The average Bonchev–Trinajstić information content (AvgIpc) is 3.46. The Kier molecular flexibility index (Phi) is 7.63. The topological polar surface area (TPSA) is 46.9 Å². The van der Waals surface area contributed by atoms with Gasteiger partial charge in [0.15, 0.2) is 0 Å². The van der Waals surface area contributed by atoms with Crippen molar-refractivity contribution in [2.24, 2.45) is 0 Å². The molecule has 1 amide bonds. The van der Waals surface area contributed by atoms with E-state index < -0.39 is 0 Å². The van der Waals surface area contributed by atoms with Crippen molar-refractivity contribution in [3.8, 4) is 16.8 Å². The van der Waals surface area contributed by atoms with Crippen molar-refractivity contribution in [3.63, 3.8) is 0 Å². The number of allylic oxidation sites excluding steroid dienone is 2. The zero-order valence-corrected chi connectivity index (χ0v) is 22.0. The SMILES string of the molecule is O=C(CC/C=C1\CCCc2cnn(-c3cccc(-c4ccccc4)c3)c21)NSc1cc(Cl)c(Cl)s1. The van der Waals surface area contributed by atoms with Crippen molar-refractivity contribution in [2.75, 3.05) is 0 Å². The first-order chi connectivity index (χ1) is 17.1. The van der Waals surface area contributed by atoms with E-state index in [9.17, 15) is 4.79 Å². The van der Waals surface area contributed by atoms with Gasteiger partial charge in [-0.05, 0) is 78.1 Å². The van der Waals surface area contributed by atoms with Gasteiger partial charge in [0, 0.05) is 6.42 Å². The number of carbonyl (C=O) groups is 1. The van der Waals surface area contributed by atoms with Crippen LogP contribution in [0.5, 0.6) is 0 Å².